The van der Waals surface area contributed by atoms with E-state index in [2.05, 4.69) is 14.9 Å². The fourth-order valence-corrected chi connectivity index (χ4v) is 4.63. The zero-order valence-electron chi connectivity index (χ0n) is 14.6. The molecule has 136 valence electrons. The van der Waals surface area contributed by atoms with E-state index in [-0.39, 0.29) is 17.7 Å². The number of anilines is 1. The molecule has 6 nitrogen and oxygen atoms in total. The monoisotopic (exact) mass is 353 g/mol. The largest absolute Gasteiger partial charge is 0.476 e. The van der Waals surface area contributed by atoms with E-state index in [9.17, 15) is 9.90 Å². The zero-order valence-corrected chi connectivity index (χ0v) is 14.6. The predicted molar refractivity (Wildman–Crippen MR) is 97.0 cm³/mol. The molecule has 2 N–H and O–H groups in total. The van der Waals surface area contributed by atoms with Crippen LogP contribution in [0.1, 0.15) is 48.2 Å². The Morgan fingerprint density at radius 3 is 2.58 bits per heavy atom. The minimum Gasteiger partial charge on any atom is -0.476 e. The van der Waals surface area contributed by atoms with Gasteiger partial charge in [-0.1, -0.05) is 43.2 Å². The molecular formula is C20H23N3O3. The number of aromatic carboxylic acids is 1. The van der Waals surface area contributed by atoms with E-state index >= 15 is 0 Å². The Morgan fingerprint density at radius 2 is 1.88 bits per heavy atom. The number of nitrogens with zero attached hydrogens (tertiary/aromatic N) is 3. The molecule has 1 saturated carbocycles. The zero-order chi connectivity index (χ0) is 18.1. The molecule has 3 atom stereocenters. The molecule has 0 unspecified atom stereocenters. The molecule has 0 bridgehead atoms. The lowest BCUT2D eigenvalue weighted by Gasteiger charge is -2.53. The number of aliphatic hydroxyl groups is 1. The molecule has 2 heterocycles. The molecule has 6 heteroatoms. The molecule has 4 rings (SSSR count). The summed E-state index contributed by atoms with van der Waals surface area (Å²) in [6, 6.07) is 10.2. The average molecular weight is 353 g/mol. The van der Waals surface area contributed by atoms with Crippen molar-refractivity contribution >= 4 is 11.8 Å². The molecule has 26 heavy (non-hydrogen) atoms. The maximum absolute atomic E-state index is 11.6. The molecule has 1 aromatic heterocycles. The third kappa shape index (κ3) is 2.84. The standard InChI is InChI=1S/C20H23N3O3/c24-19(25)16-12-22-18(13-21-16)23-11-10-20(26,14-6-2-1-3-7-14)15-8-4-5-9-17(15)23/h1-3,6-7,12-13,15,17,26H,4-5,8-11H2,(H,24,25)/t15-,17+,20+/m0/s1. The summed E-state index contributed by atoms with van der Waals surface area (Å²) >= 11 is 0. The molecule has 1 saturated heterocycles. The quantitative estimate of drug-likeness (QED) is 0.882. The van der Waals surface area contributed by atoms with Crippen LogP contribution in [-0.4, -0.2) is 38.7 Å². The van der Waals surface area contributed by atoms with Gasteiger partial charge in [-0.25, -0.2) is 14.8 Å². The van der Waals surface area contributed by atoms with Crippen LogP contribution in [0.15, 0.2) is 42.7 Å². The van der Waals surface area contributed by atoms with E-state index in [1.54, 1.807) is 6.20 Å². The van der Waals surface area contributed by atoms with E-state index in [1.807, 2.05) is 30.3 Å². The van der Waals surface area contributed by atoms with Gasteiger partial charge in [0.05, 0.1) is 18.0 Å². The van der Waals surface area contributed by atoms with E-state index in [0.29, 0.717) is 18.8 Å². The Morgan fingerprint density at radius 1 is 1.12 bits per heavy atom. The topological polar surface area (TPSA) is 86.5 Å². The van der Waals surface area contributed by atoms with Gasteiger partial charge in [0, 0.05) is 18.5 Å². The van der Waals surface area contributed by atoms with Crippen molar-refractivity contribution in [2.24, 2.45) is 5.92 Å². The van der Waals surface area contributed by atoms with Crippen molar-refractivity contribution in [2.45, 2.75) is 43.7 Å². The first-order valence-electron chi connectivity index (χ1n) is 9.19. The lowest BCUT2D eigenvalue weighted by atomic mass is 9.66. The number of piperidine rings is 1. The van der Waals surface area contributed by atoms with Gasteiger partial charge >= 0.3 is 5.97 Å². The number of fused-ring (bicyclic) bond motifs is 1. The highest BCUT2D eigenvalue weighted by Crippen LogP contribution is 2.47. The fraction of sp³-hybridized carbons (Fsp3) is 0.450. The van der Waals surface area contributed by atoms with E-state index in [4.69, 9.17) is 5.11 Å². The number of carboxylic acids is 1. The Kier molecular flexibility index (Phi) is 4.36. The predicted octanol–water partition coefficient (Wildman–Crippen LogP) is 2.83. The van der Waals surface area contributed by atoms with Crippen LogP contribution in [0.3, 0.4) is 0 Å². The molecule has 1 aromatic carbocycles. The van der Waals surface area contributed by atoms with Gasteiger partial charge < -0.3 is 15.1 Å². The minimum absolute atomic E-state index is 0.0493. The Labute approximate surface area is 152 Å². The minimum atomic E-state index is -1.07. The van der Waals surface area contributed by atoms with Gasteiger partial charge in [0.2, 0.25) is 0 Å². The van der Waals surface area contributed by atoms with Gasteiger partial charge in [0.1, 0.15) is 5.82 Å². The molecule has 1 aliphatic heterocycles. The number of hydrogen-bond acceptors (Lipinski definition) is 5. The average Bonchev–Trinajstić information content (AvgIpc) is 2.69. The second-order valence-electron chi connectivity index (χ2n) is 7.26. The molecule has 1 aliphatic carbocycles. The van der Waals surface area contributed by atoms with Crippen molar-refractivity contribution in [2.75, 3.05) is 11.4 Å². The SMILES string of the molecule is O=C(O)c1cnc(N2CC[C@@](O)(c3ccccc3)[C@H]3CCCC[C@H]32)cn1. The second-order valence-corrected chi connectivity index (χ2v) is 7.26. The van der Waals surface area contributed by atoms with Crippen molar-refractivity contribution in [3.63, 3.8) is 0 Å². The number of carbonyl (C=O) groups is 1. The van der Waals surface area contributed by atoms with Crippen LogP contribution in [0.5, 0.6) is 0 Å². The van der Waals surface area contributed by atoms with Crippen molar-refractivity contribution in [3.05, 3.63) is 54.0 Å². The van der Waals surface area contributed by atoms with E-state index in [0.717, 1.165) is 31.2 Å². The maximum atomic E-state index is 11.6. The second kappa shape index (κ2) is 6.68. The van der Waals surface area contributed by atoms with Crippen LogP contribution < -0.4 is 4.90 Å². The molecule has 2 aliphatic rings. The van der Waals surface area contributed by atoms with Crippen LogP contribution in [0, 0.1) is 5.92 Å². The fourth-order valence-electron chi connectivity index (χ4n) is 4.63. The molecule has 0 amide bonds. The third-order valence-electron chi connectivity index (χ3n) is 5.90. The van der Waals surface area contributed by atoms with Crippen molar-refractivity contribution < 1.29 is 15.0 Å². The van der Waals surface area contributed by atoms with Gasteiger partial charge in [-0.2, -0.15) is 0 Å². The van der Waals surface area contributed by atoms with E-state index < -0.39 is 11.6 Å². The maximum Gasteiger partial charge on any atom is 0.356 e. The third-order valence-corrected chi connectivity index (χ3v) is 5.90. The van der Waals surface area contributed by atoms with Crippen LogP contribution in [-0.2, 0) is 5.60 Å². The summed E-state index contributed by atoms with van der Waals surface area (Å²) in [5.41, 5.74) is 0.118. The normalized spacial score (nSPS) is 28.4. The number of benzene rings is 1. The van der Waals surface area contributed by atoms with Crippen LogP contribution in [0.4, 0.5) is 5.82 Å². The first-order valence-corrected chi connectivity index (χ1v) is 9.19. The Hall–Kier alpha value is -2.47. The highest BCUT2D eigenvalue weighted by molar-refractivity contribution is 5.84. The smallest absolute Gasteiger partial charge is 0.356 e. The lowest BCUT2D eigenvalue weighted by molar-refractivity contribution is -0.0690. The molecule has 2 fully saturated rings. The summed E-state index contributed by atoms with van der Waals surface area (Å²) in [5, 5.41) is 20.6. The molecule has 0 spiro atoms. The number of hydrogen-bond donors (Lipinski definition) is 2. The van der Waals surface area contributed by atoms with Gasteiger partial charge in [-0.05, 0) is 24.8 Å². The van der Waals surface area contributed by atoms with Gasteiger partial charge in [-0.3, -0.25) is 0 Å². The molecular weight excluding hydrogens is 330 g/mol. The number of rotatable bonds is 3. The number of carboxylic acid groups (broad SMARTS) is 1. The summed E-state index contributed by atoms with van der Waals surface area (Å²) in [5.74, 6) is -0.243. The number of aromatic nitrogens is 2. The van der Waals surface area contributed by atoms with Gasteiger partial charge in [0.15, 0.2) is 5.69 Å². The lowest BCUT2D eigenvalue weighted by Crippen LogP contribution is -2.57. The highest BCUT2D eigenvalue weighted by atomic mass is 16.4. The van der Waals surface area contributed by atoms with Crippen molar-refractivity contribution in [1.29, 1.82) is 0 Å². The van der Waals surface area contributed by atoms with E-state index in [1.165, 1.54) is 6.20 Å². The summed E-state index contributed by atoms with van der Waals surface area (Å²) < 4.78 is 0. The summed E-state index contributed by atoms with van der Waals surface area (Å²) in [7, 11) is 0. The van der Waals surface area contributed by atoms with Crippen LogP contribution >= 0.6 is 0 Å². The Balaban J connectivity index is 1.65. The van der Waals surface area contributed by atoms with Crippen molar-refractivity contribution in [3.8, 4) is 0 Å². The van der Waals surface area contributed by atoms with Crippen LogP contribution in [0.25, 0.3) is 0 Å². The van der Waals surface area contributed by atoms with Gasteiger partial charge in [-0.15, -0.1) is 0 Å². The summed E-state index contributed by atoms with van der Waals surface area (Å²) in [6.07, 6.45) is 7.71. The molecule has 2 aromatic rings. The van der Waals surface area contributed by atoms with Gasteiger partial charge in [0.25, 0.3) is 0 Å². The first-order chi connectivity index (χ1) is 12.6. The van der Waals surface area contributed by atoms with Crippen molar-refractivity contribution in [1.82, 2.24) is 9.97 Å². The first kappa shape index (κ1) is 17.0. The highest BCUT2D eigenvalue weighted by Gasteiger charge is 2.49. The summed E-state index contributed by atoms with van der Waals surface area (Å²) in [6.45, 7) is 0.674. The Bertz CT molecular complexity index is 781. The summed E-state index contributed by atoms with van der Waals surface area (Å²) in [4.78, 5) is 21.6. The van der Waals surface area contributed by atoms with Crippen LogP contribution in [0.2, 0.25) is 0 Å². The molecule has 0 radical (unpaired) electrons.